The largest absolute Gasteiger partial charge is 0.471 e. The zero-order valence-electron chi connectivity index (χ0n) is 13.0. The molecule has 0 aliphatic carbocycles. The maximum absolute atomic E-state index is 12.7. The molecule has 1 aliphatic rings. The number of nitrogens with zero attached hydrogens (tertiary/aromatic N) is 4. The van der Waals surface area contributed by atoms with Crippen LogP contribution in [0.25, 0.3) is 0 Å². The first kappa shape index (κ1) is 16.8. The zero-order valence-corrected chi connectivity index (χ0v) is 14.7. The predicted molar refractivity (Wildman–Crippen MR) is 88.2 cm³/mol. The van der Waals surface area contributed by atoms with Crippen molar-refractivity contribution in [3.63, 3.8) is 0 Å². The van der Waals surface area contributed by atoms with Crippen LogP contribution in [0.4, 0.5) is 0 Å². The van der Waals surface area contributed by atoms with E-state index < -0.39 is 10.0 Å². The lowest BCUT2D eigenvalue weighted by molar-refractivity contribution is 0.205. The summed E-state index contributed by atoms with van der Waals surface area (Å²) in [5, 5.41) is 9.01. The summed E-state index contributed by atoms with van der Waals surface area (Å²) < 4.78 is 32.8. The molecular formula is C15H16N4O3S2. The van der Waals surface area contributed by atoms with Gasteiger partial charge >= 0.3 is 0 Å². The van der Waals surface area contributed by atoms with Crippen LogP contribution in [0.3, 0.4) is 0 Å². The molecule has 2 aromatic rings. The highest BCUT2D eigenvalue weighted by molar-refractivity contribution is 7.91. The Kier molecular flexibility index (Phi) is 4.80. The third kappa shape index (κ3) is 3.26. The van der Waals surface area contributed by atoms with Crippen LogP contribution in [0, 0.1) is 11.3 Å². The molecule has 0 bridgehead atoms. The minimum absolute atomic E-state index is 0.102. The second kappa shape index (κ2) is 6.84. The second-order valence-electron chi connectivity index (χ2n) is 5.29. The van der Waals surface area contributed by atoms with Gasteiger partial charge in [-0.2, -0.15) is 9.57 Å². The lowest BCUT2D eigenvalue weighted by Crippen LogP contribution is -2.30. The summed E-state index contributed by atoms with van der Waals surface area (Å²) in [6, 6.07) is 5.42. The van der Waals surface area contributed by atoms with Crippen molar-refractivity contribution in [3.05, 3.63) is 35.1 Å². The highest BCUT2D eigenvalue weighted by Crippen LogP contribution is 2.28. The van der Waals surface area contributed by atoms with Crippen molar-refractivity contribution in [2.75, 3.05) is 13.1 Å². The monoisotopic (exact) mass is 364 g/mol. The van der Waals surface area contributed by atoms with Crippen LogP contribution in [0.5, 0.6) is 5.88 Å². The molecule has 1 saturated heterocycles. The Labute approximate surface area is 144 Å². The highest BCUT2D eigenvalue weighted by atomic mass is 32.2. The molecule has 0 amide bonds. The van der Waals surface area contributed by atoms with Gasteiger partial charge in [-0.1, -0.05) is 6.92 Å². The molecule has 0 unspecified atom stereocenters. The van der Waals surface area contributed by atoms with Gasteiger partial charge in [-0.3, -0.25) is 0 Å². The minimum atomic E-state index is -3.50. The van der Waals surface area contributed by atoms with Crippen molar-refractivity contribution >= 4 is 21.4 Å². The Hall–Kier alpha value is -2.02. The van der Waals surface area contributed by atoms with E-state index in [1.165, 1.54) is 28.0 Å². The van der Waals surface area contributed by atoms with Crippen LogP contribution in [-0.2, 0) is 16.4 Å². The molecule has 9 heteroatoms. The Morgan fingerprint density at radius 2 is 2.21 bits per heavy atom. The van der Waals surface area contributed by atoms with E-state index in [1.54, 1.807) is 6.07 Å². The van der Waals surface area contributed by atoms with E-state index in [-0.39, 0.29) is 24.2 Å². The second-order valence-corrected chi connectivity index (χ2v) is 8.62. The molecular weight excluding hydrogens is 348 g/mol. The lowest BCUT2D eigenvalue weighted by atomic mass is 10.3. The number of hydrogen-bond acceptors (Lipinski definition) is 7. The normalized spacial score (nSPS) is 18.4. The number of nitriles is 1. The van der Waals surface area contributed by atoms with Gasteiger partial charge in [0.2, 0.25) is 5.69 Å². The summed E-state index contributed by atoms with van der Waals surface area (Å²) in [4.78, 5) is 8.93. The first-order chi connectivity index (χ1) is 11.5. The molecule has 0 radical (unpaired) electrons. The van der Waals surface area contributed by atoms with Crippen LogP contribution in [0.1, 0.15) is 23.9 Å². The third-order valence-electron chi connectivity index (χ3n) is 3.74. The van der Waals surface area contributed by atoms with E-state index in [2.05, 4.69) is 9.97 Å². The Bertz CT molecular complexity index is 873. The Morgan fingerprint density at radius 1 is 1.42 bits per heavy atom. The molecule has 3 rings (SSSR count). The van der Waals surface area contributed by atoms with Gasteiger partial charge in [0.15, 0.2) is 0 Å². The van der Waals surface area contributed by atoms with Gasteiger partial charge in [0.1, 0.15) is 16.4 Å². The van der Waals surface area contributed by atoms with E-state index in [1.807, 2.05) is 19.1 Å². The van der Waals surface area contributed by atoms with Crippen molar-refractivity contribution in [2.45, 2.75) is 30.1 Å². The van der Waals surface area contributed by atoms with Gasteiger partial charge in [-0.25, -0.2) is 18.4 Å². The van der Waals surface area contributed by atoms with Crippen molar-refractivity contribution in [1.82, 2.24) is 14.3 Å². The molecule has 0 N–H and O–H groups in total. The molecule has 126 valence electrons. The summed E-state index contributed by atoms with van der Waals surface area (Å²) >= 11 is 1.30. The van der Waals surface area contributed by atoms with Crippen LogP contribution in [-0.4, -0.2) is 41.9 Å². The summed E-state index contributed by atoms with van der Waals surface area (Å²) in [6.07, 6.45) is 3.88. The molecule has 0 saturated carbocycles. The Morgan fingerprint density at radius 3 is 2.92 bits per heavy atom. The van der Waals surface area contributed by atoms with Gasteiger partial charge in [0.05, 0.1) is 6.54 Å². The van der Waals surface area contributed by atoms with Gasteiger partial charge < -0.3 is 4.74 Å². The zero-order chi connectivity index (χ0) is 17.2. The first-order valence-corrected chi connectivity index (χ1v) is 9.77. The average molecular weight is 364 g/mol. The number of ether oxygens (including phenoxy) is 1. The SMILES string of the molecule is CCc1ccc(S(=O)(=O)N2CC[C@H](Oc3nccnc3C#N)C2)s1. The highest BCUT2D eigenvalue weighted by Gasteiger charge is 2.35. The summed E-state index contributed by atoms with van der Waals surface area (Å²) in [7, 11) is -3.50. The van der Waals surface area contributed by atoms with Crippen molar-refractivity contribution in [1.29, 1.82) is 5.26 Å². The van der Waals surface area contributed by atoms with E-state index in [0.29, 0.717) is 17.2 Å². The topological polar surface area (TPSA) is 96.2 Å². The summed E-state index contributed by atoms with van der Waals surface area (Å²) in [6.45, 7) is 2.62. The molecule has 24 heavy (non-hydrogen) atoms. The predicted octanol–water partition coefficient (Wildman–Crippen LogP) is 1.81. The summed E-state index contributed by atoms with van der Waals surface area (Å²) in [5.41, 5.74) is 0.102. The molecule has 3 heterocycles. The van der Waals surface area contributed by atoms with Crippen LogP contribution >= 0.6 is 11.3 Å². The van der Waals surface area contributed by atoms with E-state index >= 15 is 0 Å². The van der Waals surface area contributed by atoms with Gasteiger partial charge in [-0.05, 0) is 25.0 Å². The van der Waals surface area contributed by atoms with Crippen molar-refractivity contribution in [2.24, 2.45) is 0 Å². The molecule has 0 aromatic carbocycles. The summed E-state index contributed by atoms with van der Waals surface area (Å²) in [5.74, 6) is 0.147. The average Bonchev–Trinajstić information content (AvgIpc) is 3.25. The van der Waals surface area contributed by atoms with Gasteiger partial charge in [-0.15, -0.1) is 11.3 Å². The van der Waals surface area contributed by atoms with E-state index in [9.17, 15) is 8.42 Å². The van der Waals surface area contributed by atoms with Gasteiger partial charge in [0, 0.05) is 23.8 Å². The molecule has 2 aromatic heterocycles. The van der Waals surface area contributed by atoms with Gasteiger partial charge in [0.25, 0.3) is 15.9 Å². The lowest BCUT2D eigenvalue weighted by Gasteiger charge is -2.16. The number of rotatable bonds is 5. The molecule has 0 spiro atoms. The fourth-order valence-electron chi connectivity index (χ4n) is 2.47. The van der Waals surface area contributed by atoms with Crippen molar-refractivity contribution in [3.8, 4) is 11.9 Å². The first-order valence-electron chi connectivity index (χ1n) is 7.51. The van der Waals surface area contributed by atoms with Crippen molar-refractivity contribution < 1.29 is 13.2 Å². The maximum atomic E-state index is 12.7. The van der Waals surface area contributed by atoms with E-state index in [0.717, 1.165) is 11.3 Å². The number of thiophene rings is 1. The number of hydrogen-bond donors (Lipinski definition) is 0. The standard InChI is InChI=1S/C15H16N4O3S2/c1-2-12-3-4-14(23-12)24(20,21)19-8-5-11(10-19)22-15-13(9-16)17-6-7-18-15/h3-4,6-7,11H,2,5,8,10H2,1H3/t11-/m0/s1. The molecule has 1 atom stereocenters. The van der Waals surface area contributed by atoms with Crippen LogP contribution in [0.2, 0.25) is 0 Å². The third-order valence-corrected chi connectivity index (χ3v) is 7.30. The fraction of sp³-hybridized carbons (Fsp3) is 0.400. The number of aromatic nitrogens is 2. The molecule has 1 aliphatic heterocycles. The van der Waals surface area contributed by atoms with Crippen LogP contribution < -0.4 is 4.74 Å². The van der Waals surface area contributed by atoms with Crippen LogP contribution in [0.15, 0.2) is 28.7 Å². The number of sulfonamides is 1. The van der Waals surface area contributed by atoms with E-state index in [4.69, 9.17) is 10.00 Å². The fourth-order valence-corrected chi connectivity index (χ4v) is 5.41. The smallest absolute Gasteiger partial charge is 0.252 e. The maximum Gasteiger partial charge on any atom is 0.252 e. The minimum Gasteiger partial charge on any atom is -0.471 e. The number of aryl methyl sites for hydroxylation is 1. The molecule has 1 fully saturated rings. The quantitative estimate of drug-likeness (QED) is 0.803. The Balaban J connectivity index is 1.72. The molecule has 7 nitrogen and oxygen atoms in total.